The van der Waals surface area contributed by atoms with Gasteiger partial charge in [-0.1, -0.05) is 0 Å². The lowest BCUT2D eigenvalue weighted by molar-refractivity contribution is -0.143. The smallest absolute Gasteiger partial charge is 0.226 e. The predicted octanol–water partition coefficient (Wildman–Crippen LogP) is 1.25. The van der Waals surface area contributed by atoms with Gasteiger partial charge >= 0.3 is 0 Å². The zero-order chi connectivity index (χ0) is 16.9. The van der Waals surface area contributed by atoms with Gasteiger partial charge in [-0.25, -0.2) is 4.98 Å². The summed E-state index contributed by atoms with van der Waals surface area (Å²) in [4.78, 5) is 25.9. The third kappa shape index (κ3) is 2.61. The monoisotopic (exact) mass is 343 g/mol. The number of aromatic amines is 1. The van der Waals surface area contributed by atoms with E-state index < -0.39 is 0 Å². The number of amides is 1. The second kappa shape index (κ2) is 6.09. The molecule has 1 atom stereocenters. The minimum atomic E-state index is -0.161. The van der Waals surface area contributed by atoms with Gasteiger partial charge in [0.25, 0.3) is 0 Å². The van der Waals surface area contributed by atoms with Crippen LogP contribution in [0.1, 0.15) is 49.9 Å². The van der Waals surface area contributed by atoms with Crippen LogP contribution in [0.5, 0.6) is 0 Å². The molecule has 0 aromatic carbocycles. The van der Waals surface area contributed by atoms with Crippen LogP contribution in [0.15, 0.2) is 6.33 Å². The number of hydrogen-bond acceptors (Lipinski definition) is 4. The minimum Gasteiger partial charge on any atom is -0.348 e. The number of piperidine rings is 2. The van der Waals surface area contributed by atoms with Crippen LogP contribution in [0.3, 0.4) is 0 Å². The van der Waals surface area contributed by atoms with Crippen molar-refractivity contribution in [1.82, 2.24) is 25.1 Å². The van der Waals surface area contributed by atoms with Crippen LogP contribution in [0.4, 0.5) is 0 Å². The van der Waals surface area contributed by atoms with Gasteiger partial charge in [0.15, 0.2) is 0 Å². The summed E-state index contributed by atoms with van der Waals surface area (Å²) in [7, 11) is 0. The summed E-state index contributed by atoms with van der Waals surface area (Å²) in [5.41, 5.74) is 2.26. The molecule has 5 rings (SSSR count). The van der Waals surface area contributed by atoms with E-state index in [-0.39, 0.29) is 11.5 Å². The number of carbonyl (C=O) groups is 1. The predicted molar refractivity (Wildman–Crippen MR) is 95.1 cm³/mol. The fraction of sp³-hybridized carbons (Fsp3) is 0.789. The van der Waals surface area contributed by atoms with E-state index in [1.807, 2.05) is 6.33 Å². The molecule has 2 N–H and O–H groups in total. The van der Waals surface area contributed by atoms with Crippen LogP contribution in [-0.4, -0.2) is 64.4 Å². The number of carbonyl (C=O) groups excluding carboxylic acids is 1. The molecule has 1 aliphatic carbocycles. The fourth-order valence-electron chi connectivity index (χ4n) is 5.26. The summed E-state index contributed by atoms with van der Waals surface area (Å²) in [6.45, 7) is 5.29. The van der Waals surface area contributed by atoms with E-state index in [2.05, 4.69) is 20.1 Å². The lowest BCUT2D eigenvalue weighted by Gasteiger charge is -2.52. The minimum absolute atomic E-state index is 0.161. The normalized spacial score (nSPS) is 29.6. The molecule has 4 aliphatic rings. The molecule has 25 heavy (non-hydrogen) atoms. The maximum atomic E-state index is 13.0. The van der Waals surface area contributed by atoms with Gasteiger partial charge < -0.3 is 15.2 Å². The largest absolute Gasteiger partial charge is 0.348 e. The average molecular weight is 343 g/mol. The van der Waals surface area contributed by atoms with Crippen LogP contribution in [0, 0.1) is 5.92 Å². The molecule has 1 amide bonds. The van der Waals surface area contributed by atoms with Crippen molar-refractivity contribution in [1.29, 1.82) is 0 Å². The van der Waals surface area contributed by atoms with Gasteiger partial charge in [0.1, 0.15) is 0 Å². The quantitative estimate of drug-likeness (QED) is 0.848. The SMILES string of the molecule is O=C(C1CC1)N1CCc2[nH]cnc2C12CCN([C@@H]1CCCNC1)CC2. The molecular weight excluding hydrogens is 314 g/mol. The maximum absolute atomic E-state index is 13.0. The Morgan fingerprint density at radius 3 is 2.76 bits per heavy atom. The molecule has 0 radical (unpaired) electrons. The van der Waals surface area contributed by atoms with Crippen molar-refractivity contribution in [2.45, 2.75) is 56.5 Å². The maximum Gasteiger partial charge on any atom is 0.226 e. The molecule has 0 unspecified atom stereocenters. The number of nitrogens with zero attached hydrogens (tertiary/aromatic N) is 3. The molecule has 0 bridgehead atoms. The molecular formula is C19H29N5O. The molecule has 1 saturated carbocycles. The van der Waals surface area contributed by atoms with Crippen LogP contribution >= 0.6 is 0 Å². The van der Waals surface area contributed by atoms with Crippen molar-refractivity contribution < 1.29 is 4.79 Å². The number of aromatic nitrogens is 2. The number of imidazole rings is 1. The second-order valence-corrected chi connectivity index (χ2v) is 8.31. The molecule has 3 fully saturated rings. The lowest BCUT2D eigenvalue weighted by Crippen LogP contribution is -2.60. The highest BCUT2D eigenvalue weighted by Gasteiger charge is 2.51. The Morgan fingerprint density at radius 2 is 2.04 bits per heavy atom. The Morgan fingerprint density at radius 1 is 1.20 bits per heavy atom. The molecule has 1 aromatic rings. The van der Waals surface area contributed by atoms with Crippen LogP contribution in [-0.2, 0) is 16.8 Å². The van der Waals surface area contributed by atoms with Gasteiger partial charge in [-0.3, -0.25) is 9.69 Å². The number of H-pyrrole nitrogens is 1. The van der Waals surface area contributed by atoms with E-state index in [4.69, 9.17) is 4.98 Å². The van der Waals surface area contributed by atoms with E-state index in [9.17, 15) is 4.79 Å². The zero-order valence-electron chi connectivity index (χ0n) is 15.0. The number of likely N-dealkylation sites (tertiary alicyclic amines) is 1. The third-order valence-corrected chi connectivity index (χ3v) is 6.87. The highest BCUT2D eigenvalue weighted by Crippen LogP contribution is 2.45. The van der Waals surface area contributed by atoms with Gasteiger partial charge in [0.05, 0.1) is 17.6 Å². The zero-order valence-corrected chi connectivity index (χ0v) is 15.0. The summed E-state index contributed by atoms with van der Waals surface area (Å²) in [5, 5.41) is 3.54. The Balaban J connectivity index is 1.40. The second-order valence-electron chi connectivity index (χ2n) is 8.31. The summed E-state index contributed by atoms with van der Waals surface area (Å²) < 4.78 is 0. The molecule has 1 aromatic heterocycles. The Bertz CT molecular complexity index is 638. The Labute approximate surface area is 149 Å². The van der Waals surface area contributed by atoms with Crippen LogP contribution < -0.4 is 5.32 Å². The molecule has 136 valence electrons. The van der Waals surface area contributed by atoms with E-state index in [1.165, 1.54) is 18.5 Å². The van der Waals surface area contributed by atoms with Gasteiger partial charge in [-0.2, -0.15) is 0 Å². The summed E-state index contributed by atoms with van der Waals surface area (Å²) >= 11 is 0. The Hall–Kier alpha value is -1.40. The van der Waals surface area contributed by atoms with Crippen molar-refractivity contribution in [3.05, 3.63) is 17.7 Å². The topological polar surface area (TPSA) is 64.3 Å². The number of fused-ring (bicyclic) bond motifs is 2. The van der Waals surface area contributed by atoms with Crippen molar-refractivity contribution in [2.75, 3.05) is 32.7 Å². The van der Waals surface area contributed by atoms with Gasteiger partial charge in [0, 0.05) is 50.3 Å². The van der Waals surface area contributed by atoms with Crippen molar-refractivity contribution >= 4 is 5.91 Å². The van der Waals surface area contributed by atoms with E-state index in [0.29, 0.717) is 11.9 Å². The Kier molecular flexibility index (Phi) is 3.86. The van der Waals surface area contributed by atoms with Gasteiger partial charge in [-0.15, -0.1) is 0 Å². The summed E-state index contributed by atoms with van der Waals surface area (Å²) in [5.74, 6) is 0.680. The van der Waals surface area contributed by atoms with E-state index in [0.717, 1.165) is 70.5 Å². The van der Waals surface area contributed by atoms with Crippen molar-refractivity contribution in [2.24, 2.45) is 5.92 Å². The van der Waals surface area contributed by atoms with Crippen LogP contribution in [0.25, 0.3) is 0 Å². The van der Waals surface area contributed by atoms with Crippen LogP contribution in [0.2, 0.25) is 0 Å². The molecule has 3 aliphatic heterocycles. The molecule has 6 nitrogen and oxygen atoms in total. The summed E-state index contributed by atoms with van der Waals surface area (Å²) in [6.07, 6.45) is 9.55. The first-order valence-electron chi connectivity index (χ1n) is 10.1. The van der Waals surface area contributed by atoms with E-state index in [1.54, 1.807) is 0 Å². The van der Waals surface area contributed by atoms with Gasteiger partial charge in [0.2, 0.25) is 5.91 Å². The van der Waals surface area contributed by atoms with E-state index >= 15 is 0 Å². The number of nitrogens with one attached hydrogen (secondary N) is 2. The standard InChI is InChI=1S/C19H29N5O/c25-18(14-3-4-14)24-9-5-16-17(22-13-21-16)19(24)6-10-23(11-7-19)15-2-1-8-20-12-15/h13-15,20H,1-12H2,(H,21,22)/t15-/m1/s1. The van der Waals surface area contributed by atoms with Gasteiger partial charge in [-0.05, 0) is 45.1 Å². The first-order chi connectivity index (χ1) is 12.3. The molecule has 6 heteroatoms. The third-order valence-electron chi connectivity index (χ3n) is 6.87. The average Bonchev–Trinajstić information content (AvgIpc) is 3.40. The molecule has 4 heterocycles. The fourth-order valence-corrected chi connectivity index (χ4v) is 5.26. The summed E-state index contributed by atoms with van der Waals surface area (Å²) in [6, 6.07) is 0.668. The first-order valence-corrected chi connectivity index (χ1v) is 10.1. The number of hydrogen-bond donors (Lipinski definition) is 2. The highest BCUT2D eigenvalue weighted by atomic mass is 16.2. The molecule has 2 saturated heterocycles. The first kappa shape index (κ1) is 15.8. The number of rotatable bonds is 2. The lowest BCUT2D eigenvalue weighted by atomic mass is 9.78. The highest BCUT2D eigenvalue weighted by molar-refractivity contribution is 5.82. The van der Waals surface area contributed by atoms with Crippen molar-refractivity contribution in [3.8, 4) is 0 Å². The molecule has 1 spiro atoms. The van der Waals surface area contributed by atoms with Crippen molar-refractivity contribution in [3.63, 3.8) is 0 Å².